The lowest BCUT2D eigenvalue weighted by atomic mass is 10.2. The molecule has 0 aliphatic rings. The maximum Gasteiger partial charge on any atom is 0.258 e. The van der Waals surface area contributed by atoms with Crippen molar-refractivity contribution in [2.75, 3.05) is 5.32 Å². The fourth-order valence-corrected chi connectivity index (χ4v) is 1.15. The first kappa shape index (κ1) is 10.9. The molecule has 1 unspecified atom stereocenters. The maximum atomic E-state index is 12.9. The number of aryl methyl sites for hydroxylation is 1. The Morgan fingerprint density at radius 1 is 1.21 bits per heavy atom. The van der Waals surface area contributed by atoms with Crippen molar-refractivity contribution in [1.82, 2.24) is 0 Å². The molecular formula is C10H12F3N. The van der Waals surface area contributed by atoms with Gasteiger partial charge in [-0.15, -0.1) is 0 Å². The summed E-state index contributed by atoms with van der Waals surface area (Å²) in [4.78, 5) is 0. The predicted octanol–water partition coefficient (Wildman–Crippen LogP) is 3.20. The minimum Gasteiger partial charge on any atom is -0.377 e. The molecule has 1 N–H and O–H groups in total. The fraction of sp³-hybridized carbons (Fsp3) is 0.400. The maximum absolute atomic E-state index is 12.9. The molecule has 0 heterocycles. The van der Waals surface area contributed by atoms with Crippen LogP contribution < -0.4 is 5.32 Å². The molecule has 0 radical (unpaired) electrons. The SMILES string of the molecule is Cc1cc(F)cc(NC(C)C(F)F)c1. The van der Waals surface area contributed by atoms with Crippen LogP contribution in [0.2, 0.25) is 0 Å². The fourth-order valence-electron chi connectivity index (χ4n) is 1.15. The number of benzene rings is 1. The molecule has 4 heteroatoms. The standard InChI is InChI=1S/C10H12F3N/c1-6-3-8(11)5-9(4-6)14-7(2)10(12)13/h3-5,7,10,14H,1-2H3. The van der Waals surface area contributed by atoms with Crippen LogP contribution in [-0.4, -0.2) is 12.5 Å². The van der Waals surface area contributed by atoms with Crippen molar-refractivity contribution < 1.29 is 13.2 Å². The molecule has 1 aromatic rings. The van der Waals surface area contributed by atoms with Gasteiger partial charge in [-0.2, -0.15) is 0 Å². The Hall–Kier alpha value is -1.19. The molecule has 0 aliphatic carbocycles. The van der Waals surface area contributed by atoms with Crippen molar-refractivity contribution in [2.45, 2.75) is 26.3 Å². The average molecular weight is 203 g/mol. The first-order chi connectivity index (χ1) is 6.49. The van der Waals surface area contributed by atoms with Crippen LogP contribution >= 0.6 is 0 Å². The van der Waals surface area contributed by atoms with Gasteiger partial charge in [-0.05, 0) is 37.6 Å². The Labute approximate surface area is 80.9 Å². The van der Waals surface area contributed by atoms with Crippen molar-refractivity contribution in [2.24, 2.45) is 0 Å². The molecule has 1 nitrogen and oxygen atoms in total. The van der Waals surface area contributed by atoms with Crippen molar-refractivity contribution in [3.8, 4) is 0 Å². The van der Waals surface area contributed by atoms with Gasteiger partial charge in [-0.25, -0.2) is 13.2 Å². The predicted molar refractivity (Wildman–Crippen MR) is 50.2 cm³/mol. The summed E-state index contributed by atoms with van der Waals surface area (Å²) in [6, 6.07) is 3.20. The van der Waals surface area contributed by atoms with Gasteiger partial charge in [0.2, 0.25) is 0 Å². The van der Waals surface area contributed by atoms with Crippen LogP contribution in [0, 0.1) is 12.7 Å². The number of rotatable bonds is 3. The number of alkyl halides is 2. The van der Waals surface area contributed by atoms with E-state index in [1.807, 2.05) is 0 Å². The lowest BCUT2D eigenvalue weighted by Crippen LogP contribution is -2.23. The van der Waals surface area contributed by atoms with Gasteiger partial charge in [0.15, 0.2) is 0 Å². The topological polar surface area (TPSA) is 12.0 Å². The largest absolute Gasteiger partial charge is 0.377 e. The minimum absolute atomic E-state index is 0.385. The van der Waals surface area contributed by atoms with E-state index in [0.29, 0.717) is 11.3 Å². The van der Waals surface area contributed by atoms with Crippen LogP contribution in [-0.2, 0) is 0 Å². The van der Waals surface area contributed by atoms with Gasteiger partial charge in [0.1, 0.15) is 5.82 Å². The Morgan fingerprint density at radius 3 is 2.36 bits per heavy atom. The highest BCUT2D eigenvalue weighted by Gasteiger charge is 2.14. The number of halogens is 3. The molecule has 0 bridgehead atoms. The summed E-state index contributed by atoms with van der Waals surface area (Å²) in [6.07, 6.45) is -2.46. The number of nitrogens with one attached hydrogen (secondary N) is 1. The van der Waals surface area contributed by atoms with E-state index in [1.165, 1.54) is 19.1 Å². The molecule has 0 aliphatic heterocycles. The highest BCUT2D eigenvalue weighted by atomic mass is 19.3. The summed E-state index contributed by atoms with van der Waals surface area (Å²) < 4.78 is 37.2. The summed E-state index contributed by atoms with van der Waals surface area (Å²) in [7, 11) is 0. The average Bonchev–Trinajstić information content (AvgIpc) is 2.01. The van der Waals surface area contributed by atoms with Gasteiger partial charge in [-0.3, -0.25) is 0 Å². The van der Waals surface area contributed by atoms with E-state index in [-0.39, 0.29) is 0 Å². The van der Waals surface area contributed by atoms with Crippen LogP contribution in [0.5, 0.6) is 0 Å². The lowest BCUT2D eigenvalue weighted by molar-refractivity contribution is 0.130. The van der Waals surface area contributed by atoms with Crippen molar-refractivity contribution in [3.05, 3.63) is 29.6 Å². The number of hydrogen-bond donors (Lipinski definition) is 1. The van der Waals surface area contributed by atoms with Gasteiger partial charge >= 0.3 is 0 Å². The third-order valence-corrected chi connectivity index (χ3v) is 1.81. The third kappa shape index (κ3) is 2.94. The second kappa shape index (κ2) is 4.35. The van der Waals surface area contributed by atoms with E-state index in [4.69, 9.17) is 0 Å². The molecule has 78 valence electrons. The summed E-state index contributed by atoms with van der Waals surface area (Å²) >= 11 is 0. The normalized spacial score (nSPS) is 13.0. The second-order valence-corrected chi connectivity index (χ2v) is 3.28. The zero-order valence-electron chi connectivity index (χ0n) is 8.02. The molecule has 14 heavy (non-hydrogen) atoms. The Morgan fingerprint density at radius 2 is 1.86 bits per heavy atom. The van der Waals surface area contributed by atoms with Gasteiger partial charge in [0.25, 0.3) is 6.43 Å². The zero-order valence-corrected chi connectivity index (χ0v) is 8.02. The quantitative estimate of drug-likeness (QED) is 0.795. The van der Waals surface area contributed by atoms with Crippen LogP contribution in [0.4, 0.5) is 18.9 Å². The number of hydrogen-bond acceptors (Lipinski definition) is 1. The van der Waals surface area contributed by atoms with Crippen LogP contribution in [0.25, 0.3) is 0 Å². The lowest BCUT2D eigenvalue weighted by Gasteiger charge is -2.14. The van der Waals surface area contributed by atoms with Gasteiger partial charge < -0.3 is 5.32 Å². The molecule has 0 fully saturated rings. The molecule has 0 amide bonds. The summed E-state index contributed by atoms with van der Waals surface area (Å²) in [5.41, 5.74) is 1.09. The van der Waals surface area contributed by atoms with E-state index >= 15 is 0 Å². The van der Waals surface area contributed by atoms with E-state index in [2.05, 4.69) is 5.32 Å². The summed E-state index contributed by atoms with van der Waals surface area (Å²) in [6.45, 7) is 3.06. The van der Waals surface area contributed by atoms with Crippen LogP contribution in [0.1, 0.15) is 12.5 Å². The van der Waals surface area contributed by atoms with Crippen LogP contribution in [0.15, 0.2) is 18.2 Å². The van der Waals surface area contributed by atoms with Gasteiger partial charge in [0, 0.05) is 5.69 Å². The van der Waals surface area contributed by atoms with Crippen molar-refractivity contribution >= 4 is 5.69 Å². The first-order valence-corrected chi connectivity index (χ1v) is 4.31. The van der Waals surface area contributed by atoms with E-state index in [0.717, 1.165) is 0 Å². The first-order valence-electron chi connectivity index (χ1n) is 4.31. The number of anilines is 1. The monoisotopic (exact) mass is 203 g/mol. The Kier molecular flexibility index (Phi) is 3.38. The molecule has 1 aromatic carbocycles. The van der Waals surface area contributed by atoms with Crippen molar-refractivity contribution in [3.63, 3.8) is 0 Å². The highest BCUT2D eigenvalue weighted by molar-refractivity contribution is 5.46. The second-order valence-electron chi connectivity index (χ2n) is 3.28. The molecule has 0 saturated carbocycles. The molecule has 1 rings (SSSR count). The molecule has 0 spiro atoms. The molecular weight excluding hydrogens is 191 g/mol. The summed E-state index contributed by atoms with van der Waals surface area (Å²) in [5.74, 6) is -0.422. The van der Waals surface area contributed by atoms with E-state index in [1.54, 1.807) is 13.0 Å². The Balaban J connectivity index is 2.76. The summed E-state index contributed by atoms with van der Waals surface area (Å²) in [5, 5.41) is 2.53. The van der Waals surface area contributed by atoms with Crippen LogP contribution in [0.3, 0.4) is 0 Å². The smallest absolute Gasteiger partial charge is 0.258 e. The molecule has 0 aromatic heterocycles. The molecule has 0 saturated heterocycles. The van der Waals surface area contributed by atoms with E-state index < -0.39 is 18.3 Å². The third-order valence-electron chi connectivity index (χ3n) is 1.81. The van der Waals surface area contributed by atoms with Gasteiger partial charge in [0.05, 0.1) is 6.04 Å². The molecule has 1 atom stereocenters. The van der Waals surface area contributed by atoms with E-state index in [9.17, 15) is 13.2 Å². The Bertz CT molecular complexity index is 292. The highest BCUT2D eigenvalue weighted by Crippen LogP contribution is 2.16. The van der Waals surface area contributed by atoms with Crippen molar-refractivity contribution in [1.29, 1.82) is 0 Å². The van der Waals surface area contributed by atoms with Gasteiger partial charge in [-0.1, -0.05) is 0 Å². The zero-order chi connectivity index (χ0) is 10.7. The minimum atomic E-state index is -2.46.